The highest BCUT2D eigenvalue weighted by molar-refractivity contribution is 6.36. The second-order valence-electron chi connectivity index (χ2n) is 6.82. The van der Waals surface area contributed by atoms with Crippen molar-refractivity contribution in [2.75, 3.05) is 0 Å². The SMILES string of the molecule is N#C/C(=C\c1cc(Cl)cc(Cl)c1Oc1ccc(C(F)(F)F)cc1[N+](=O)[O-])c1ccc([N+](=O)[O-])cc1. The quantitative estimate of drug-likeness (QED) is 0.141. The average Bonchev–Trinajstić information content (AvgIpc) is 2.78. The zero-order valence-electron chi connectivity index (χ0n) is 17.0. The highest BCUT2D eigenvalue weighted by Gasteiger charge is 2.33. The summed E-state index contributed by atoms with van der Waals surface area (Å²) in [5.41, 5.74) is -2.03. The molecule has 0 amide bonds. The van der Waals surface area contributed by atoms with E-state index in [-0.39, 0.29) is 32.6 Å². The van der Waals surface area contributed by atoms with E-state index in [4.69, 9.17) is 27.9 Å². The van der Waals surface area contributed by atoms with Gasteiger partial charge in [0, 0.05) is 28.8 Å². The molecule has 3 aromatic carbocycles. The third-order valence-corrected chi connectivity index (χ3v) is 5.04. The lowest BCUT2D eigenvalue weighted by Crippen LogP contribution is -2.06. The maximum atomic E-state index is 13.0. The van der Waals surface area contributed by atoms with Crippen LogP contribution < -0.4 is 4.74 Å². The largest absolute Gasteiger partial charge is 0.448 e. The van der Waals surface area contributed by atoms with Gasteiger partial charge < -0.3 is 4.74 Å². The van der Waals surface area contributed by atoms with Gasteiger partial charge in [0.15, 0.2) is 5.75 Å². The van der Waals surface area contributed by atoms with Crippen LogP contribution in [0.15, 0.2) is 54.6 Å². The fourth-order valence-electron chi connectivity index (χ4n) is 2.93. The highest BCUT2D eigenvalue weighted by Crippen LogP contribution is 2.42. The average molecular weight is 524 g/mol. The molecule has 8 nitrogen and oxygen atoms in total. The number of nitro benzene ring substituents is 2. The van der Waals surface area contributed by atoms with E-state index >= 15 is 0 Å². The molecule has 0 radical (unpaired) electrons. The molecule has 0 aliphatic rings. The Morgan fingerprint density at radius 2 is 1.66 bits per heavy atom. The van der Waals surface area contributed by atoms with Crippen LogP contribution in [0.2, 0.25) is 10.0 Å². The first-order valence-electron chi connectivity index (χ1n) is 9.30. The van der Waals surface area contributed by atoms with E-state index in [2.05, 4.69) is 0 Å². The third-order valence-electron chi connectivity index (χ3n) is 4.54. The first kappa shape index (κ1) is 25.5. The van der Waals surface area contributed by atoms with E-state index in [1.807, 2.05) is 6.07 Å². The number of benzene rings is 3. The molecule has 3 rings (SSSR count). The van der Waals surface area contributed by atoms with E-state index in [1.165, 1.54) is 42.5 Å². The summed E-state index contributed by atoms with van der Waals surface area (Å²) in [7, 11) is 0. The summed E-state index contributed by atoms with van der Waals surface area (Å²) in [4.78, 5) is 20.6. The van der Waals surface area contributed by atoms with Crippen LogP contribution in [0.3, 0.4) is 0 Å². The Kier molecular flexibility index (Phi) is 7.28. The number of halogens is 5. The van der Waals surface area contributed by atoms with Gasteiger partial charge in [0.2, 0.25) is 5.75 Å². The standard InChI is InChI=1S/C22H10Cl2F3N3O5/c23-16-8-13(7-14(11-28)12-1-4-17(5-2-12)29(31)32)21(18(24)10-16)35-20-6-3-15(22(25,26)27)9-19(20)30(33)34/h1-10H/b14-7+. The zero-order chi connectivity index (χ0) is 25.9. The molecule has 0 atom stereocenters. The Hall–Kier alpha value is -4.14. The van der Waals surface area contributed by atoms with Crippen LogP contribution in [0.1, 0.15) is 16.7 Å². The topological polar surface area (TPSA) is 119 Å². The minimum atomic E-state index is -4.82. The summed E-state index contributed by atoms with van der Waals surface area (Å²) in [5.74, 6) is -0.746. The van der Waals surface area contributed by atoms with Crippen molar-refractivity contribution in [3.63, 3.8) is 0 Å². The van der Waals surface area contributed by atoms with Gasteiger partial charge in [0.1, 0.15) is 0 Å². The van der Waals surface area contributed by atoms with Crippen molar-refractivity contribution >= 4 is 46.2 Å². The van der Waals surface area contributed by atoms with Gasteiger partial charge >= 0.3 is 11.9 Å². The lowest BCUT2D eigenvalue weighted by molar-refractivity contribution is -0.385. The molecule has 0 bridgehead atoms. The normalized spacial score (nSPS) is 11.6. The molecule has 0 heterocycles. The summed E-state index contributed by atoms with van der Waals surface area (Å²) in [6.07, 6.45) is -3.55. The minimum absolute atomic E-state index is 0.00463. The lowest BCUT2D eigenvalue weighted by Gasteiger charge is -2.13. The van der Waals surface area contributed by atoms with Gasteiger partial charge in [-0.1, -0.05) is 23.2 Å². The molecular formula is C22H10Cl2F3N3O5. The van der Waals surface area contributed by atoms with Crippen molar-refractivity contribution in [3.8, 4) is 17.6 Å². The van der Waals surface area contributed by atoms with Crippen LogP contribution in [-0.2, 0) is 6.18 Å². The van der Waals surface area contributed by atoms with Crippen molar-refractivity contribution in [1.29, 1.82) is 5.26 Å². The predicted molar refractivity (Wildman–Crippen MR) is 121 cm³/mol. The maximum absolute atomic E-state index is 13.0. The molecule has 0 spiro atoms. The lowest BCUT2D eigenvalue weighted by atomic mass is 10.0. The van der Waals surface area contributed by atoms with Crippen LogP contribution in [0.25, 0.3) is 11.6 Å². The molecule has 13 heteroatoms. The summed E-state index contributed by atoms with van der Waals surface area (Å²) in [5, 5.41) is 31.8. The second kappa shape index (κ2) is 10.0. The van der Waals surface area contributed by atoms with Crippen molar-refractivity contribution in [2.24, 2.45) is 0 Å². The molecule has 0 fully saturated rings. The Bertz CT molecular complexity index is 1400. The number of ether oxygens (including phenoxy) is 1. The molecule has 0 saturated carbocycles. The number of nitrogens with zero attached hydrogens (tertiary/aromatic N) is 3. The van der Waals surface area contributed by atoms with Gasteiger partial charge in [-0.15, -0.1) is 0 Å². The van der Waals surface area contributed by atoms with Crippen LogP contribution >= 0.6 is 23.2 Å². The molecular weight excluding hydrogens is 514 g/mol. The van der Waals surface area contributed by atoms with Crippen LogP contribution in [-0.4, -0.2) is 9.85 Å². The maximum Gasteiger partial charge on any atom is 0.416 e. The molecule has 178 valence electrons. The molecule has 0 aromatic heterocycles. The second-order valence-corrected chi connectivity index (χ2v) is 7.66. The number of nitro groups is 2. The van der Waals surface area contributed by atoms with Gasteiger partial charge in [-0.05, 0) is 48.0 Å². The van der Waals surface area contributed by atoms with E-state index in [0.717, 1.165) is 6.07 Å². The number of nitriles is 1. The zero-order valence-corrected chi connectivity index (χ0v) is 18.6. The van der Waals surface area contributed by atoms with Crippen molar-refractivity contribution in [1.82, 2.24) is 0 Å². The Morgan fingerprint density at radius 3 is 2.20 bits per heavy atom. The molecule has 3 aromatic rings. The van der Waals surface area contributed by atoms with Gasteiger partial charge in [0.05, 0.1) is 32.1 Å². The molecule has 0 aliphatic heterocycles. The van der Waals surface area contributed by atoms with E-state index in [0.29, 0.717) is 17.7 Å². The number of rotatable bonds is 6. The van der Waals surface area contributed by atoms with Gasteiger partial charge in [0.25, 0.3) is 5.69 Å². The number of hydrogen-bond donors (Lipinski definition) is 0. The number of hydrogen-bond acceptors (Lipinski definition) is 6. The highest BCUT2D eigenvalue weighted by atomic mass is 35.5. The molecule has 35 heavy (non-hydrogen) atoms. The molecule has 0 aliphatic carbocycles. The van der Waals surface area contributed by atoms with Crippen LogP contribution in [0.4, 0.5) is 24.5 Å². The summed E-state index contributed by atoms with van der Waals surface area (Å²) >= 11 is 12.2. The summed E-state index contributed by atoms with van der Waals surface area (Å²) in [6, 6.07) is 11.2. The smallest absolute Gasteiger partial charge is 0.416 e. The van der Waals surface area contributed by atoms with Crippen molar-refractivity contribution in [3.05, 3.63) is 102 Å². The minimum Gasteiger partial charge on any atom is -0.448 e. The van der Waals surface area contributed by atoms with Crippen LogP contribution in [0.5, 0.6) is 11.5 Å². The first-order valence-corrected chi connectivity index (χ1v) is 10.1. The van der Waals surface area contributed by atoms with E-state index in [1.54, 1.807) is 0 Å². The third kappa shape index (κ3) is 5.87. The van der Waals surface area contributed by atoms with Crippen molar-refractivity contribution < 1.29 is 27.8 Å². The first-order chi connectivity index (χ1) is 16.4. The Balaban J connectivity index is 2.12. The molecule has 0 unspecified atom stereocenters. The fraction of sp³-hybridized carbons (Fsp3) is 0.0455. The number of allylic oxidation sites excluding steroid dienone is 1. The van der Waals surface area contributed by atoms with E-state index < -0.39 is 33.0 Å². The number of alkyl halides is 3. The van der Waals surface area contributed by atoms with Gasteiger partial charge in [-0.2, -0.15) is 18.4 Å². The number of non-ortho nitro benzene ring substituents is 1. The monoisotopic (exact) mass is 523 g/mol. The fourth-order valence-corrected chi connectivity index (χ4v) is 3.47. The predicted octanol–water partition coefficient (Wildman–Crippen LogP) is 7.69. The van der Waals surface area contributed by atoms with Gasteiger partial charge in [-0.25, -0.2) is 0 Å². The van der Waals surface area contributed by atoms with Gasteiger partial charge in [-0.3, -0.25) is 20.2 Å². The molecule has 0 N–H and O–H groups in total. The Morgan fingerprint density at radius 1 is 1.00 bits per heavy atom. The Labute approximate surface area is 204 Å². The summed E-state index contributed by atoms with van der Waals surface area (Å²) < 4.78 is 44.5. The van der Waals surface area contributed by atoms with Crippen molar-refractivity contribution in [2.45, 2.75) is 6.18 Å². The summed E-state index contributed by atoms with van der Waals surface area (Å²) in [6.45, 7) is 0. The van der Waals surface area contributed by atoms with Crippen LogP contribution in [0, 0.1) is 31.6 Å². The molecule has 0 saturated heterocycles. The van der Waals surface area contributed by atoms with E-state index in [9.17, 15) is 38.7 Å².